The van der Waals surface area contributed by atoms with Gasteiger partial charge in [-0.05, 0) is 36.8 Å². The van der Waals surface area contributed by atoms with Gasteiger partial charge in [0.15, 0.2) is 0 Å². The maximum Gasteiger partial charge on any atom is 0.337 e. The number of amides is 2. The fraction of sp³-hybridized carbons (Fsp3) is 0.357. The van der Waals surface area contributed by atoms with E-state index >= 15 is 0 Å². The molecule has 3 N–H and O–H groups in total. The third-order valence-corrected chi connectivity index (χ3v) is 4.43. The predicted octanol–water partition coefficient (Wildman–Crippen LogP) is 2.18. The maximum atomic E-state index is 12.1. The number of carbonyl (C=O) groups is 3. The van der Waals surface area contributed by atoms with Gasteiger partial charge in [-0.25, -0.2) is 4.79 Å². The molecule has 0 saturated carbocycles. The average molecular weight is 308 g/mol. The Kier molecular flexibility index (Phi) is 4.85. The molecule has 2 amide bonds. The minimum atomic E-state index is -1.16. The van der Waals surface area contributed by atoms with Crippen molar-refractivity contribution < 1.29 is 19.5 Å². The van der Waals surface area contributed by atoms with Gasteiger partial charge < -0.3 is 15.7 Å². The Labute approximate surface area is 126 Å². The topological polar surface area (TPSA) is 95.5 Å². The molecule has 1 saturated heterocycles. The lowest BCUT2D eigenvalue weighted by molar-refractivity contribution is -0.116. The first-order valence-corrected chi connectivity index (χ1v) is 7.59. The summed E-state index contributed by atoms with van der Waals surface area (Å²) in [5.74, 6) is -0.667. The molecule has 0 aliphatic carbocycles. The lowest BCUT2D eigenvalue weighted by Crippen LogP contribution is -2.24. The highest BCUT2D eigenvalue weighted by Gasteiger charge is 2.24. The third-order valence-electron chi connectivity index (χ3n) is 3.05. The number of thioether (sulfide) groups is 1. The van der Waals surface area contributed by atoms with Crippen molar-refractivity contribution >= 4 is 40.9 Å². The highest BCUT2D eigenvalue weighted by Crippen LogP contribution is 2.28. The van der Waals surface area contributed by atoms with Crippen LogP contribution in [0, 0.1) is 0 Å². The van der Waals surface area contributed by atoms with E-state index in [1.54, 1.807) is 17.8 Å². The molecular formula is C14H16N2O4S. The molecule has 1 aliphatic rings. The number of carbonyl (C=O) groups excluding carboxylic acids is 2. The Morgan fingerprint density at radius 1 is 1.29 bits per heavy atom. The van der Waals surface area contributed by atoms with Crippen LogP contribution in [0.25, 0.3) is 0 Å². The van der Waals surface area contributed by atoms with Crippen molar-refractivity contribution in [2.75, 3.05) is 16.4 Å². The first-order valence-electron chi connectivity index (χ1n) is 6.55. The minimum Gasteiger partial charge on any atom is -0.478 e. The normalized spacial score (nSPS) is 17.3. The van der Waals surface area contributed by atoms with E-state index in [4.69, 9.17) is 0 Å². The standard InChI is InChI=1S/C14H16N2O4S/c1-8(17)15-9-4-5-11(10(7-9)14(19)20)16-13(18)12-3-2-6-21-12/h4-5,7,12H,2-3,6H2,1H3,(H,15,17)(H,16,18)(H,19,20). The van der Waals surface area contributed by atoms with E-state index in [0.29, 0.717) is 5.69 Å². The van der Waals surface area contributed by atoms with Gasteiger partial charge >= 0.3 is 5.97 Å². The number of aromatic carboxylic acids is 1. The second-order valence-electron chi connectivity index (χ2n) is 4.74. The molecule has 21 heavy (non-hydrogen) atoms. The lowest BCUT2D eigenvalue weighted by atomic mass is 10.1. The molecule has 1 fully saturated rings. The Balaban J connectivity index is 2.19. The van der Waals surface area contributed by atoms with Crippen molar-refractivity contribution in [1.82, 2.24) is 0 Å². The predicted molar refractivity (Wildman–Crippen MR) is 81.8 cm³/mol. The van der Waals surface area contributed by atoms with Crippen molar-refractivity contribution in [3.05, 3.63) is 23.8 Å². The van der Waals surface area contributed by atoms with Gasteiger partial charge in [0.1, 0.15) is 0 Å². The van der Waals surface area contributed by atoms with Crippen LogP contribution in [0.5, 0.6) is 0 Å². The van der Waals surface area contributed by atoms with E-state index in [1.165, 1.54) is 19.1 Å². The minimum absolute atomic E-state index is 0.0439. The van der Waals surface area contributed by atoms with Gasteiger partial charge in [0.05, 0.1) is 16.5 Å². The fourth-order valence-corrected chi connectivity index (χ4v) is 3.27. The lowest BCUT2D eigenvalue weighted by Gasteiger charge is -2.13. The highest BCUT2D eigenvalue weighted by atomic mass is 32.2. The Morgan fingerprint density at radius 3 is 2.62 bits per heavy atom. The second kappa shape index (κ2) is 6.62. The summed E-state index contributed by atoms with van der Waals surface area (Å²) < 4.78 is 0. The van der Waals surface area contributed by atoms with Crippen LogP contribution in [0.3, 0.4) is 0 Å². The molecule has 2 rings (SSSR count). The molecular weight excluding hydrogens is 292 g/mol. The van der Waals surface area contributed by atoms with Crippen LogP contribution < -0.4 is 10.6 Å². The van der Waals surface area contributed by atoms with Gasteiger partial charge in [-0.15, -0.1) is 11.8 Å². The maximum absolute atomic E-state index is 12.1. The van der Waals surface area contributed by atoms with Crippen molar-refractivity contribution in [3.63, 3.8) is 0 Å². The average Bonchev–Trinajstić information content (AvgIpc) is 2.93. The first-order chi connectivity index (χ1) is 9.97. The number of hydrogen-bond acceptors (Lipinski definition) is 4. The van der Waals surface area contributed by atoms with E-state index < -0.39 is 5.97 Å². The highest BCUT2D eigenvalue weighted by molar-refractivity contribution is 8.00. The van der Waals surface area contributed by atoms with Crippen molar-refractivity contribution in [1.29, 1.82) is 0 Å². The summed E-state index contributed by atoms with van der Waals surface area (Å²) in [5.41, 5.74) is 0.583. The Hall–Kier alpha value is -2.02. The molecule has 7 heteroatoms. The Bertz CT molecular complexity index is 582. The van der Waals surface area contributed by atoms with Gasteiger partial charge in [0.2, 0.25) is 11.8 Å². The van der Waals surface area contributed by atoms with Crippen molar-refractivity contribution in [2.45, 2.75) is 25.0 Å². The number of nitrogens with one attached hydrogen (secondary N) is 2. The number of benzene rings is 1. The number of anilines is 2. The molecule has 1 unspecified atom stereocenters. The van der Waals surface area contributed by atoms with Crippen LogP contribution in [0.2, 0.25) is 0 Å². The number of carboxylic acid groups (broad SMARTS) is 1. The largest absolute Gasteiger partial charge is 0.478 e. The molecule has 112 valence electrons. The number of hydrogen-bond donors (Lipinski definition) is 3. The molecule has 0 aromatic heterocycles. The van der Waals surface area contributed by atoms with Gasteiger partial charge in [0.25, 0.3) is 0 Å². The van der Waals surface area contributed by atoms with Crippen molar-refractivity contribution in [2.24, 2.45) is 0 Å². The molecule has 1 aromatic rings. The van der Waals surface area contributed by atoms with E-state index in [-0.39, 0.29) is 28.3 Å². The zero-order chi connectivity index (χ0) is 15.4. The molecule has 1 aliphatic heterocycles. The van der Waals surface area contributed by atoms with Gasteiger partial charge in [-0.3, -0.25) is 9.59 Å². The Morgan fingerprint density at radius 2 is 2.05 bits per heavy atom. The smallest absolute Gasteiger partial charge is 0.337 e. The van der Waals surface area contributed by atoms with E-state index in [1.807, 2.05) is 0 Å². The molecule has 0 bridgehead atoms. The number of rotatable bonds is 4. The summed E-state index contributed by atoms with van der Waals surface area (Å²) in [4.78, 5) is 34.4. The third kappa shape index (κ3) is 3.98. The first kappa shape index (κ1) is 15.4. The summed E-state index contributed by atoms with van der Waals surface area (Å²) >= 11 is 1.58. The quantitative estimate of drug-likeness (QED) is 0.792. The number of carboxylic acids is 1. The summed E-state index contributed by atoms with van der Waals surface area (Å²) in [6, 6.07) is 4.39. The summed E-state index contributed by atoms with van der Waals surface area (Å²) in [5, 5.41) is 14.3. The zero-order valence-corrected chi connectivity index (χ0v) is 12.3. The van der Waals surface area contributed by atoms with Crippen molar-refractivity contribution in [3.8, 4) is 0 Å². The molecule has 1 aromatic carbocycles. The SMILES string of the molecule is CC(=O)Nc1ccc(NC(=O)C2CCCS2)c(C(=O)O)c1. The summed E-state index contributed by atoms with van der Waals surface area (Å²) in [6.07, 6.45) is 1.80. The van der Waals surface area contributed by atoms with Crippen LogP contribution in [-0.4, -0.2) is 33.9 Å². The van der Waals surface area contributed by atoms with Gasteiger partial charge in [-0.1, -0.05) is 0 Å². The van der Waals surface area contributed by atoms with Crippen LogP contribution in [0.1, 0.15) is 30.1 Å². The van der Waals surface area contributed by atoms with Crippen LogP contribution in [0.4, 0.5) is 11.4 Å². The molecule has 0 spiro atoms. The molecule has 1 heterocycles. The van der Waals surface area contributed by atoms with Crippen LogP contribution in [-0.2, 0) is 9.59 Å². The van der Waals surface area contributed by atoms with E-state index in [2.05, 4.69) is 10.6 Å². The molecule has 0 radical (unpaired) electrons. The van der Waals surface area contributed by atoms with Gasteiger partial charge in [0, 0.05) is 12.6 Å². The van der Waals surface area contributed by atoms with E-state index in [0.717, 1.165) is 18.6 Å². The van der Waals surface area contributed by atoms with E-state index in [9.17, 15) is 19.5 Å². The summed E-state index contributed by atoms with van der Waals surface area (Å²) in [7, 11) is 0. The van der Waals surface area contributed by atoms with Gasteiger partial charge in [-0.2, -0.15) is 0 Å². The summed E-state index contributed by atoms with van der Waals surface area (Å²) in [6.45, 7) is 1.34. The zero-order valence-electron chi connectivity index (χ0n) is 11.5. The molecule has 1 atom stereocenters. The second-order valence-corrected chi connectivity index (χ2v) is 6.05. The van der Waals surface area contributed by atoms with Crippen LogP contribution >= 0.6 is 11.8 Å². The monoisotopic (exact) mass is 308 g/mol. The molecule has 6 nitrogen and oxygen atoms in total. The fourth-order valence-electron chi connectivity index (χ4n) is 2.11. The van der Waals surface area contributed by atoms with Crippen LogP contribution in [0.15, 0.2) is 18.2 Å².